The Morgan fingerprint density at radius 3 is 2.32 bits per heavy atom. The van der Waals surface area contributed by atoms with Gasteiger partial charge in [0.25, 0.3) is 0 Å². The van der Waals surface area contributed by atoms with E-state index in [9.17, 15) is 20.4 Å². The molecular formula is C21H16N2O2. The van der Waals surface area contributed by atoms with Gasteiger partial charge in [0.1, 0.15) is 17.7 Å². The Bertz CT molecular complexity index is 954. The monoisotopic (exact) mass is 328 g/mol. The third-order valence-corrected chi connectivity index (χ3v) is 4.66. The molecule has 2 aromatic rings. The molecule has 1 atom stereocenters. The van der Waals surface area contributed by atoms with Gasteiger partial charge >= 0.3 is 0 Å². The first-order valence-electron chi connectivity index (χ1n) is 8.10. The highest BCUT2D eigenvalue weighted by molar-refractivity contribution is 6.35. The van der Waals surface area contributed by atoms with E-state index in [1.54, 1.807) is 18.2 Å². The van der Waals surface area contributed by atoms with E-state index >= 15 is 0 Å². The zero-order chi connectivity index (χ0) is 18.0. The number of nitrogens with zero attached hydrogens (tertiary/aromatic N) is 2. The molecule has 1 N–H and O–H groups in total. The standard InChI is InChI=1S/C21H16N2O2/c1-2-13(12-24)14-7-8-18-19(9-14)16-5-3-4-6-17(16)20(21(18)25)15(10-22)11-23/h3-9,13,24H,2,12H2,1H3. The molecule has 0 spiro atoms. The first-order valence-corrected chi connectivity index (χ1v) is 8.10. The molecule has 0 aliphatic heterocycles. The topological polar surface area (TPSA) is 84.9 Å². The zero-order valence-electron chi connectivity index (χ0n) is 13.8. The Labute approximate surface area is 146 Å². The smallest absolute Gasteiger partial charge is 0.196 e. The predicted molar refractivity (Wildman–Crippen MR) is 94.5 cm³/mol. The Balaban J connectivity index is 2.31. The van der Waals surface area contributed by atoms with Crippen LogP contribution in [0.4, 0.5) is 0 Å². The van der Waals surface area contributed by atoms with Crippen LogP contribution in [0.1, 0.15) is 40.7 Å². The van der Waals surface area contributed by atoms with Crippen LogP contribution in [0.2, 0.25) is 0 Å². The summed E-state index contributed by atoms with van der Waals surface area (Å²) in [6.45, 7) is 2.05. The number of nitriles is 2. The van der Waals surface area contributed by atoms with Crippen LogP contribution in [0.5, 0.6) is 0 Å². The first kappa shape index (κ1) is 16.6. The third kappa shape index (κ3) is 2.63. The van der Waals surface area contributed by atoms with Crippen molar-refractivity contribution in [2.24, 2.45) is 0 Å². The number of fused-ring (bicyclic) bond motifs is 3. The average molecular weight is 328 g/mol. The number of hydrogen-bond acceptors (Lipinski definition) is 4. The lowest BCUT2D eigenvalue weighted by atomic mass is 9.78. The lowest BCUT2D eigenvalue weighted by molar-refractivity contribution is 0.105. The molecule has 2 aromatic carbocycles. The summed E-state index contributed by atoms with van der Waals surface area (Å²) in [7, 11) is 0. The van der Waals surface area contributed by atoms with E-state index in [0.717, 1.165) is 23.1 Å². The number of aliphatic hydroxyl groups excluding tert-OH is 1. The van der Waals surface area contributed by atoms with Gasteiger partial charge in [0.2, 0.25) is 0 Å². The molecule has 1 aliphatic carbocycles. The van der Waals surface area contributed by atoms with E-state index < -0.39 is 0 Å². The third-order valence-electron chi connectivity index (χ3n) is 4.66. The van der Waals surface area contributed by atoms with E-state index in [-0.39, 0.29) is 29.5 Å². The average Bonchev–Trinajstić information content (AvgIpc) is 2.66. The molecule has 3 rings (SSSR count). The van der Waals surface area contributed by atoms with Crippen LogP contribution >= 0.6 is 0 Å². The van der Waals surface area contributed by atoms with E-state index in [1.165, 1.54) is 0 Å². The number of aliphatic hydroxyl groups is 1. The van der Waals surface area contributed by atoms with E-state index in [0.29, 0.717) is 11.1 Å². The molecule has 0 fully saturated rings. The Morgan fingerprint density at radius 1 is 1.04 bits per heavy atom. The number of ketones is 1. The quantitative estimate of drug-likeness (QED) is 0.685. The van der Waals surface area contributed by atoms with Gasteiger partial charge in [-0.15, -0.1) is 0 Å². The molecule has 1 aliphatic rings. The molecule has 25 heavy (non-hydrogen) atoms. The van der Waals surface area contributed by atoms with Crippen LogP contribution in [0.25, 0.3) is 16.7 Å². The fourth-order valence-corrected chi connectivity index (χ4v) is 3.28. The fourth-order valence-electron chi connectivity index (χ4n) is 3.28. The summed E-state index contributed by atoms with van der Waals surface area (Å²) in [5.74, 6) is -0.298. The normalized spacial score (nSPS) is 13.3. The number of Topliss-reactive ketones (excluding diaryl/α,β-unsaturated/α-hetero) is 1. The number of rotatable bonds is 3. The SMILES string of the molecule is CCC(CO)c1ccc2c(c1)-c1ccccc1C(=C(C#N)C#N)C2=O. The number of allylic oxidation sites excluding steroid dienone is 2. The van der Waals surface area contributed by atoms with Gasteiger partial charge in [0, 0.05) is 18.1 Å². The van der Waals surface area contributed by atoms with Crippen LogP contribution in [-0.2, 0) is 0 Å². The number of carbonyl (C=O) groups is 1. The Hall–Kier alpha value is -3.21. The maximum Gasteiger partial charge on any atom is 0.196 e. The molecule has 0 aromatic heterocycles. The van der Waals surface area contributed by atoms with Crippen molar-refractivity contribution >= 4 is 11.4 Å². The highest BCUT2D eigenvalue weighted by Crippen LogP contribution is 2.41. The molecule has 0 saturated heterocycles. The van der Waals surface area contributed by atoms with E-state index in [1.807, 2.05) is 43.3 Å². The van der Waals surface area contributed by atoms with Gasteiger partial charge in [-0.25, -0.2) is 0 Å². The van der Waals surface area contributed by atoms with Gasteiger partial charge in [0.05, 0.1) is 5.57 Å². The van der Waals surface area contributed by atoms with E-state index in [4.69, 9.17) is 0 Å². The molecule has 0 saturated carbocycles. The summed E-state index contributed by atoms with van der Waals surface area (Å²) in [5.41, 5.74) is 3.65. The van der Waals surface area contributed by atoms with Gasteiger partial charge < -0.3 is 5.11 Å². The van der Waals surface area contributed by atoms with Gasteiger partial charge in [-0.3, -0.25) is 4.79 Å². The number of carbonyl (C=O) groups excluding carboxylic acids is 1. The minimum atomic E-state index is -0.310. The second-order valence-electron chi connectivity index (χ2n) is 5.94. The summed E-state index contributed by atoms with van der Waals surface area (Å²) in [4.78, 5) is 12.9. The Morgan fingerprint density at radius 2 is 1.72 bits per heavy atom. The maximum atomic E-state index is 12.9. The highest BCUT2D eigenvalue weighted by atomic mass is 16.3. The van der Waals surface area contributed by atoms with Crippen molar-refractivity contribution in [2.45, 2.75) is 19.3 Å². The van der Waals surface area contributed by atoms with Crippen molar-refractivity contribution in [3.8, 4) is 23.3 Å². The zero-order valence-corrected chi connectivity index (χ0v) is 13.8. The summed E-state index contributed by atoms with van der Waals surface area (Å²) in [6, 6.07) is 16.5. The van der Waals surface area contributed by atoms with Crippen molar-refractivity contribution in [1.82, 2.24) is 0 Å². The van der Waals surface area contributed by atoms with Gasteiger partial charge in [-0.05, 0) is 28.7 Å². The van der Waals surface area contributed by atoms with Gasteiger partial charge in [-0.2, -0.15) is 10.5 Å². The molecule has 0 bridgehead atoms. The van der Waals surface area contributed by atoms with E-state index in [2.05, 4.69) is 0 Å². The van der Waals surface area contributed by atoms with Gasteiger partial charge in [0.15, 0.2) is 5.78 Å². The molecule has 0 heterocycles. The molecule has 4 heteroatoms. The molecule has 4 nitrogen and oxygen atoms in total. The minimum absolute atomic E-state index is 0.0123. The molecule has 122 valence electrons. The summed E-state index contributed by atoms with van der Waals surface area (Å²) >= 11 is 0. The van der Waals surface area contributed by atoms with Crippen molar-refractivity contribution in [1.29, 1.82) is 10.5 Å². The summed E-state index contributed by atoms with van der Waals surface area (Å²) in [5, 5.41) is 28.0. The highest BCUT2D eigenvalue weighted by Gasteiger charge is 2.30. The van der Waals surface area contributed by atoms with Crippen LogP contribution in [0.15, 0.2) is 48.0 Å². The lowest BCUT2D eigenvalue weighted by Gasteiger charge is -2.23. The van der Waals surface area contributed by atoms with Crippen molar-refractivity contribution < 1.29 is 9.90 Å². The lowest BCUT2D eigenvalue weighted by Crippen LogP contribution is -2.14. The predicted octanol–water partition coefficient (Wildman–Crippen LogP) is 3.84. The Kier molecular flexibility index (Phi) is 4.48. The summed E-state index contributed by atoms with van der Waals surface area (Å²) < 4.78 is 0. The minimum Gasteiger partial charge on any atom is -0.396 e. The van der Waals surface area contributed by atoms with Crippen LogP contribution in [0, 0.1) is 22.7 Å². The van der Waals surface area contributed by atoms with Crippen molar-refractivity contribution in [3.63, 3.8) is 0 Å². The van der Waals surface area contributed by atoms with Crippen LogP contribution < -0.4 is 0 Å². The van der Waals surface area contributed by atoms with Crippen molar-refractivity contribution in [3.05, 3.63) is 64.7 Å². The second-order valence-corrected chi connectivity index (χ2v) is 5.94. The molecular weight excluding hydrogens is 312 g/mol. The van der Waals surface area contributed by atoms with Crippen LogP contribution in [0.3, 0.4) is 0 Å². The van der Waals surface area contributed by atoms with Crippen molar-refractivity contribution in [2.75, 3.05) is 6.61 Å². The van der Waals surface area contributed by atoms with Gasteiger partial charge in [-0.1, -0.05) is 49.4 Å². The largest absolute Gasteiger partial charge is 0.396 e. The molecule has 1 unspecified atom stereocenters. The second kappa shape index (κ2) is 6.73. The molecule has 0 amide bonds. The first-order chi connectivity index (χ1) is 12.2. The maximum absolute atomic E-state index is 12.9. The van der Waals surface area contributed by atoms with Crippen LogP contribution in [-0.4, -0.2) is 17.5 Å². The number of benzene rings is 2. The summed E-state index contributed by atoms with van der Waals surface area (Å²) in [6.07, 6.45) is 0.795. The fraction of sp³-hybridized carbons (Fsp3) is 0.190. The number of hydrogen-bond donors (Lipinski definition) is 1. The molecule has 0 radical (unpaired) electrons.